The average molecular weight is 578 g/mol. The molecule has 0 bridgehead atoms. The molecule has 1 aromatic carbocycles. The molecule has 2 saturated heterocycles. The Bertz CT molecular complexity index is 958. The number of hydrogen-bond donors (Lipinski definition) is 1. The van der Waals surface area contributed by atoms with Crippen LogP contribution >= 0.6 is 15.9 Å². The summed E-state index contributed by atoms with van der Waals surface area (Å²) in [5.74, 6) is 5.47. The zero-order valence-electron chi connectivity index (χ0n) is 21.4. The zero-order chi connectivity index (χ0) is 26.0. The normalized spacial score (nSPS) is 31.0. The maximum atomic E-state index is 11.6. The summed E-state index contributed by atoms with van der Waals surface area (Å²) < 4.78 is 31.2. The van der Waals surface area contributed by atoms with Gasteiger partial charge < -0.3 is 28.8 Å². The molecule has 0 aromatic heterocycles. The number of halogens is 1. The number of benzene rings is 1. The second kappa shape index (κ2) is 14.4. The lowest BCUT2D eigenvalue weighted by atomic mass is 9.93. The Labute approximate surface area is 228 Å². The highest BCUT2D eigenvalue weighted by atomic mass is 79.9. The van der Waals surface area contributed by atoms with E-state index in [1.54, 1.807) is 0 Å². The standard InChI is InChI=1S/C29H37BrO7/c1-20(31)12-14-22-23(27(18-25(22)32)37-29-11-5-7-17-34-29)15-13-21(36-28-10-4-6-16-33-28)19-35-26-9-3-2-8-24(26)30/h2-3,8-9,13,15,21-23,25,27-29,32H,4-7,10-11,16-19H2,1H3. The van der Waals surface area contributed by atoms with E-state index in [0.717, 1.165) is 48.7 Å². The van der Waals surface area contributed by atoms with Crippen molar-refractivity contribution in [2.45, 2.75) is 82.8 Å². The van der Waals surface area contributed by atoms with E-state index in [2.05, 4.69) is 27.8 Å². The van der Waals surface area contributed by atoms with Crippen LogP contribution in [0.5, 0.6) is 5.75 Å². The maximum absolute atomic E-state index is 11.6. The number of aliphatic hydroxyl groups is 1. The molecule has 4 rings (SSSR count). The Morgan fingerprint density at radius 2 is 1.89 bits per heavy atom. The lowest BCUT2D eigenvalue weighted by Gasteiger charge is -2.29. The van der Waals surface area contributed by atoms with Crippen molar-refractivity contribution in [2.24, 2.45) is 11.8 Å². The first-order chi connectivity index (χ1) is 18.0. The van der Waals surface area contributed by atoms with Crippen molar-refractivity contribution in [1.82, 2.24) is 0 Å². The lowest BCUT2D eigenvalue weighted by Crippen LogP contribution is -2.32. The van der Waals surface area contributed by atoms with E-state index in [1.165, 1.54) is 6.92 Å². The van der Waals surface area contributed by atoms with Crippen LogP contribution in [0.25, 0.3) is 0 Å². The minimum Gasteiger partial charge on any atom is -0.489 e. The minimum atomic E-state index is -0.701. The number of hydrogen-bond acceptors (Lipinski definition) is 7. The second-order valence-electron chi connectivity index (χ2n) is 9.80. The first-order valence-corrected chi connectivity index (χ1v) is 14.1. The van der Waals surface area contributed by atoms with Gasteiger partial charge in [-0.25, -0.2) is 0 Å². The number of rotatable bonds is 9. The van der Waals surface area contributed by atoms with Gasteiger partial charge in [-0.3, -0.25) is 4.79 Å². The fraction of sp³-hybridized carbons (Fsp3) is 0.621. The Morgan fingerprint density at radius 1 is 1.16 bits per heavy atom. The van der Waals surface area contributed by atoms with Crippen LogP contribution in [0.2, 0.25) is 0 Å². The van der Waals surface area contributed by atoms with Crippen molar-refractivity contribution in [3.63, 3.8) is 0 Å². The van der Waals surface area contributed by atoms with E-state index >= 15 is 0 Å². The largest absolute Gasteiger partial charge is 0.489 e. The van der Waals surface area contributed by atoms with Crippen molar-refractivity contribution in [1.29, 1.82) is 0 Å². The molecular formula is C29H37BrO7. The third kappa shape index (κ3) is 8.64. The fourth-order valence-electron chi connectivity index (χ4n) is 4.95. The molecule has 7 atom stereocenters. The number of carbonyl (C=O) groups is 1. The highest BCUT2D eigenvalue weighted by Gasteiger charge is 2.42. The first-order valence-electron chi connectivity index (χ1n) is 13.3. The molecule has 1 N–H and O–H groups in total. The third-order valence-electron chi connectivity index (χ3n) is 6.86. The van der Waals surface area contributed by atoms with Crippen LogP contribution in [-0.4, -0.2) is 61.6 Å². The highest BCUT2D eigenvalue weighted by molar-refractivity contribution is 9.10. The van der Waals surface area contributed by atoms with Crippen LogP contribution in [0.1, 0.15) is 51.9 Å². The Morgan fingerprint density at radius 3 is 2.57 bits per heavy atom. The van der Waals surface area contributed by atoms with Gasteiger partial charge in [-0.1, -0.05) is 30.2 Å². The van der Waals surface area contributed by atoms with Gasteiger partial charge in [-0.15, -0.1) is 0 Å². The molecule has 2 heterocycles. The molecule has 1 aliphatic carbocycles. The number of para-hydroxylation sites is 1. The van der Waals surface area contributed by atoms with Crippen LogP contribution in [0.4, 0.5) is 0 Å². The van der Waals surface area contributed by atoms with Gasteiger partial charge in [-0.2, -0.15) is 0 Å². The zero-order valence-corrected chi connectivity index (χ0v) is 22.9. The van der Waals surface area contributed by atoms with E-state index < -0.39 is 12.0 Å². The molecule has 202 valence electrons. The van der Waals surface area contributed by atoms with Crippen molar-refractivity contribution in [3.05, 3.63) is 40.9 Å². The minimum absolute atomic E-state index is 0.228. The quantitative estimate of drug-likeness (QED) is 0.257. The van der Waals surface area contributed by atoms with E-state index in [9.17, 15) is 9.90 Å². The summed E-state index contributed by atoms with van der Waals surface area (Å²) in [7, 11) is 0. The Hall–Kier alpha value is -1.73. The van der Waals surface area contributed by atoms with E-state index in [4.69, 9.17) is 23.7 Å². The summed E-state index contributed by atoms with van der Waals surface area (Å²) in [6.07, 6.45) is 8.27. The molecular weight excluding hydrogens is 540 g/mol. The van der Waals surface area contributed by atoms with Gasteiger partial charge in [0.15, 0.2) is 12.6 Å². The predicted molar refractivity (Wildman–Crippen MR) is 142 cm³/mol. The molecule has 0 spiro atoms. The summed E-state index contributed by atoms with van der Waals surface area (Å²) in [4.78, 5) is 11.6. The van der Waals surface area contributed by atoms with Crippen LogP contribution in [0.3, 0.4) is 0 Å². The molecule has 1 aromatic rings. The van der Waals surface area contributed by atoms with Crippen LogP contribution in [0.15, 0.2) is 40.9 Å². The molecule has 7 nitrogen and oxygen atoms in total. The molecule has 2 aliphatic heterocycles. The second-order valence-corrected chi connectivity index (χ2v) is 10.7. The molecule has 37 heavy (non-hydrogen) atoms. The maximum Gasteiger partial charge on any atom is 0.202 e. The van der Waals surface area contributed by atoms with Gasteiger partial charge in [0.05, 0.1) is 22.6 Å². The number of carbonyl (C=O) groups excluding carboxylic acids is 1. The van der Waals surface area contributed by atoms with Gasteiger partial charge in [-0.05, 0) is 72.5 Å². The first kappa shape index (κ1) is 28.3. The van der Waals surface area contributed by atoms with Gasteiger partial charge in [0.2, 0.25) is 5.78 Å². The number of Topliss-reactive ketones (excluding diaryl/α,β-unsaturated/α-hetero) is 1. The van der Waals surface area contributed by atoms with E-state index in [1.807, 2.05) is 36.4 Å². The summed E-state index contributed by atoms with van der Waals surface area (Å²) in [5.41, 5.74) is 0. The fourth-order valence-corrected chi connectivity index (χ4v) is 5.35. The summed E-state index contributed by atoms with van der Waals surface area (Å²) >= 11 is 3.53. The summed E-state index contributed by atoms with van der Waals surface area (Å²) in [6.45, 7) is 3.07. The molecule has 3 fully saturated rings. The molecule has 1 saturated carbocycles. The SMILES string of the molecule is CC(=O)C#CC1C(O)CC(OC2CCCCO2)C1C=CC(COc1ccccc1Br)OC1CCCCO1. The average Bonchev–Trinajstić information content (AvgIpc) is 3.19. The summed E-state index contributed by atoms with van der Waals surface area (Å²) in [5, 5.41) is 10.8. The van der Waals surface area contributed by atoms with Crippen molar-refractivity contribution in [3.8, 4) is 17.6 Å². The van der Waals surface area contributed by atoms with Gasteiger partial charge >= 0.3 is 0 Å². The van der Waals surface area contributed by atoms with Crippen molar-refractivity contribution >= 4 is 21.7 Å². The Balaban J connectivity index is 1.51. The van der Waals surface area contributed by atoms with Gasteiger partial charge in [0.25, 0.3) is 0 Å². The molecule has 0 radical (unpaired) electrons. The summed E-state index contributed by atoms with van der Waals surface area (Å²) in [6, 6.07) is 7.68. The monoisotopic (exact) mass is 576 g/mol. The number of ether oxygens (including phenoxy) is 5. The van der Waals surface area contributed by atoms with Gasteiger partial charge in [0.1, 0.15) is 18.5 Å². The highest BCUT2D eigenvalue weighted by Crippen LogP contribution is 2.37. The van der Waals surface area contributed by atoms with Crippen LogP contribution in [0, 0.1) is 23.7 Å². The van der Waals surface area contributed by atoms with Crippen LogP contribution in [-0.2, 0) is 23.7 Å². The van der Waals surface area contributed by atoms with E-state index in [0.29, 0.717) is 19.6 Å². The van der Waals surface area contributed by atoms with Crippen molar-refractivity contribution in [2.75, 3.05) is 19.8 Å². The number of aliphatic hydroxyl groups excluding tert-OH is 1. The topological polar surface area (TPSA) is 83.5 Å². The Kier molecular flexibility index (Phi) is 11.0. The van der Waals surface area contributed by atoms with Gasteiger partial charge in [0, 0.05) is 32.5 Å². The third-order valence-corrected chi connectivity index (χ3v) is 7.52. The molecule has 3 aliphatic rings. The van der Waals surface area contributed by atoms with E-state index in [-0.39, 0.29) is 43.1 Å². The lowest BCUT2D eigenvalue weighted by molar-refractivity contribution is -0.193. The van der Waals surface area contributed by atoms with Crippen LogP contribution < -0.4 is 4.74 Å². The molecule has 7 unspecified atom stereocenters. The molecule has 8 heteroatoms. The predicted octanol–water partition coefficient (Wildman–Crippen LogP) is 4.80. The molecule has 0 amide bonds. The van der Waals surface area contributed by atoms with Crippen molar-refractivity contribution < 1.29 is 33.6 Å². The smallest absolute Gasteiger partial charge is 0.202 e. The number of ketones is 1.